The molecule has 1 aromatic heterocycles. The Bertz CT molecular complexity index is 1850. The lowest BCUT2D eigenvalue weighted by atomic mass is 9.48. The van der Waals surface area contributed by atoms with Crippen molar-refractivity contribution in [3.8, 4) is 0 Å². The number of hydrogen-bond donors (Lipinski definition) is 0. The summed E-state index contributed by atoms with van der Waals surface area (Å²) in [6, 6.07) is 21.4. The van der Waals surface area contributed by atoms with Gasteiger partial charge in [0.1, 0.15) is 11.3 Å². The molecule has 224 valence electrons. The number of rotatable bonds is 2. The van der Waals surface area contributed by atoms with Gasteiger partial charge in [0.25, 0.3) is 0 Å². The molecule has 0 spiro atoms. The van der Waals surface area contributed by atoms with Crippen LogP contribution in [0.2, 0.25) is 0 Å². The zero-order valence-corrected chi connectivity index (χ0v) is 26.6. The predicted octanol–water partition coefficient (Wildman–Crippen LogP) is 11.6. The normalized spacial score (nSPS) is 35.7. The first-order chi connectivity index (χ1) is 21.5. The van der Waals surface area contributed by atoms with Gasteiger partial charge in [0.2, 0.25) is 0 Å². The molecule has 0 N–H and O–H groups in total. The number of benzene rings is 3. The molecule has 0 amide bonds. The van der Waals surface area contributed by atoms with E-state index in [0.717, 1.165) is 24.3 Å². The molecule has 44 heavy (non-hydrogen) atoms. The summed E-state index contributed by atoms with van der Waals surface area (Å²) in [7, 11) is 0. The first-order valence-electron chi connectivity index (χ1n) is 17.6. The maximum atomic E-state index is 6.63. The summed E-state index contributed by atoms with van der Waals surface area (Å²) in [6.45, 7) is 7.60. The highest BCUT2D eigenvalue weighted by Crippen LogP contribution is 2.64. The van der Waals surface area contributed by atoms with Gasteiger partial charge in [0, 0.05) is 28.7 Å². The fraction of sp³-hybridized carbons (Fsp3) is 0.442. The molecule has 3 aromatic carbocycles. The lowest BCUT2D eigenvalue weighted by molar-refractivity contribution is 0.0496. The van der Waals surface area contributed by atoms with E-state index < -0.39 is 0 Å². The topological polar surface area (TPSA) is 13.1 Å². The fourth-order valence-electron chi connectivity index (χ4n) is 11.0. The van der Waals surface area contributed by atoms with E-state index >= 15 is 0 Å². The van der Waals surface area contributed by atoms with Crippen LogP contribution < -0.4 is 0 Å². The van der Waals surface area contributed by atoms with Gasteiger partial charge in [0.05, 0.1) is 0 Å². The minimum absolute atomic E-state index is 0.169. The van der Waals surface area contributed by atoms with E-state index in [-0.39, 0.29) is 5.41 Å². The van der Waals surface area contributed by atoms with Gasteiger partial charge in [-0.15, -0.1) is 0 Å². The second kappa shape index (κ2) is 10.1. The standard InChI is InChI=1S/C43H46O/c1-26-19-20-29-25-43(3,22-21-28(29)23-26)41-33-15-6-5-14-32(33)40(35-17-10-11-27(2)39(35)41)36-24-37-31-13-8-9-18-38(31)44-42(37)34-16-7-4-12-30(34)36/h4-8,12-16,19-22,24,26-29,35,39-41H,9-11,17-18,23,25H2,1-3H3. The van der Waals surface area contributed by atoms with Gasteiger partial charge in [-0.2, -0.15) is 0 Å². The molecule has 9 rings (SSSR count). The molecule has 9 atom stereocenters. The minimum Gasteiger partial charge on any atom is -0.460 e. The van der Waals surface area contributed by atoms with Crippen LogP contribution in [0.1, 0.15) is 99.1 Å². The maximum Gasteiger partial charge on any atom is 0.142 e. The number of allylic oxidation sites excluding steroid dienone is 5. The van der Waals surface area contributed by atoms with E-state index in [1.807, 2.05) is 0 Å². The molecule has 0 radical (unpaired) electrons. The highest BCUT2D eigenvalue weighted by atomic mass is 16.3. The van der Waals surface area contributed by atoms with Crippen LogP contribution in [0.5, 0.6) is 0 Å². The SMILES string of the molecule is CC1C=CC2CC(C)(C3c4ccccc4C(c4cc5c6c(oc5c5ccccc45)CCC=C6)C4CCCC(C)C43)C=CC2C1. The van der Waals surface area contributed by atoms with Crippen molar-refractivity contribution in [2.45, 2.75) is 77.6 Å². The lowest BCUT2D eigenvalue weighted by Crippen LogP contribution is -2.46. The Morgan fingerprint density at radius 1 is 0.818 bits per heavy atom. The summed E-state index contributed by atoms with van der Waals surface area (Å²) in [5.41, 5.74) is 7.32. The molecule has 1 saturated carbocycles. The summed E-state index contributed by atoms with van der Waals surface area (Å²) in [5.74, 6) is 6.25. The van der Waals surface area contributed by atoms with E-state index in [1.165, 1.54) is 65.1 Å². The summed E-state index contributed by atoms with van der Waals surface area (Å²) >= 11 is 0. The van der Waals surface area contributed by atoms with Crippen molar-refractivity contribution in [2.75, 3.05) is 0 Å². The van der Waals surface area contributed by atoms with Crippen LogP contribution >= 0.6 is 0 Å². The van der Waals surface area contributed by atoms with E-state index in [0.29, 0.717) is 41.4 Å². The quantitative estimate of drug-likeness (QED) is 0.216. The van der Waals surface area contributed by atoms with Crippen molar-refractivity contribution < 1.29 is 4.42 Å². The average Bonchev–Trinajstić information content (AvgIpc) is 3.43. The molecule has 1 heterocycles. The van der Waals surface area contributed by atoms with Crippen LogP contribution in [0, 0.1) is 40.9 Å². The van der Waals surface area contributed by atoms with E-state index in [1.54, 1.807) is 11.1 Å². The Labute approximate surface area is 263 Å². The van der Waals surface area contributed by atoms with Crippen LogP contribution in [-0.2, 0) is 6.42 Å². The van der Waals surface area contributed by atoms with Gasteiger partial charge in [-0.1, -0.05) is 119 Å². The smallest absolute Gasteiger partial charge is 0.142 e. The van der Waals surface area contributed by atoms with Crippen molar-refractivity contribution >= 4 is 27.8 Å². The summed E-state index contributed by atoms with van der Waals surface area (Å²) in [6.07, 6.45) is 23.8. The molecule has 5 aliphatic rings. The van der Waals surface area contributed by atoms with Crippen molar-refractivity contribution in [1.29, 1.82) is 0 Å². The van der Waals surface area contributed by atoms with Gasteiger partial charge < -0.3 is 4.42 Å². The van der Waals surface area contributed by atoms with Crippen LogP contribution in [0.4, 0.5) is 0 Å². The highest BCUT2D eigenvalue weighted by molar-refractivity contribution is 6.09. The average molecular weight is 579 g/mol. The molecule has 9 unspecified atom stereocenters. The number of furan rings is 1. The second-order valence-corrected chi connectivity index (χ2v) is 15.5. The molecule has 1 fully saturated rings. The zero-order chi connectivity index (χ0) is 29.6. The summed E-state index contributed by atoms with van der Waals surface area (Å²) < 4.78 is 6.63. The number of hydrogen-bond acceptors (Lipinski definition) is 1. The van der Waals surface area contributed by atoms with Crippen molar-refractivity contribution in [3.63, 3.8) is 0 Å². The Hall–Kier alpha value is -3.32. The third kappa shape index (κ3) is 3.97. The molecule has 0 bridgehead atoms. The molecule has 4 aromatic rings. The molecule has 1 nitrogen and oxygen atoms in total. The summed E-state index contributed by atoms with van der Waals surface area (Å²) in [5, 5.41) is 3.99. The highest BCUT2D eigenvalue weighted by Gasteiger charge is 2.53. The third-order valence-corrected chi connectivity index (χ3v) is 12.8. The molecule has 0 aliphatic heterocycles. The van der Waals surface area contributed by atoms with Crippen molar-refractivity contribution in [1.82, 2.24) is 0 Å². The minimum atomic E-state index is 0.169. The summed E-state index contributed by atoms with van der Waals surface area (Å²) in [4.78, 5) is 0. The largest absolute Gasteiger partial charge is 0.460 e. The van der Waals surface area contributed by atoms with Gasteiger partial charge >= 0.3 is 0 Å². The van der Waals surface area contributed by atoms with Crippen molar-refractivity contribution in [3.05, 3.63) is 113 Å². The van der Waals surface area contributed by atoms with E-state index in [4.69, 9.17) is 4.42 Å². The Morgan fingerprint density at radius 2 is 1.64 bits per heavy atom. The number of aryl methyl sites for hydroxylation is 1. The molecule has 1 heteroatoms. The first-order valence-corrected chi connectivity index (χ1v) is 17.6. The van der Waals surface area contributed by atoms with E-state index in [2.05, 4.69) is 112 Å². The van der Waals surface area contributed by atoms with Crippen LogP contribution in [0.25, 0.3) is 27.8 Å². The van der Waals surface area contributed by atoms with E-state index in [9.17, 15) is 0 Å². The van der Waals surface area contributed by atoms with Crippen LogP contribution in [0.15, 0.2) is 89.4 Å². The Kier molecular flexibility index (Phi) is 6.20. The molecular weight excluding hydrogens is 532 g/mol. The van der Waals surface area contributed by atoms with Crippen LogP contribution in [-0.4, -0.2) is 0 Å². The molecule has 5 aliphatic carbocycles. The monoisotopic (exact) mass is 578 g/mol. The lowest BCUT2D eigenvalue weighted by Gasteiger charge is -2.56. The Balaban J connectivity index is 1.26. The van der Waals surface area contributed by atoms with Gasteiger partial charge in [0.15, 0.2) is 0 Å². The maximum absolute atomic E-state index is 6.63. The third-order valence-electron chi connectivity index (χ3n) is 12.8. The number of fused-ring (bicyclic) bond motifs is 8. The van der Waals surface area contributed by atoms with Gasteiger partial charge in [-0.25, -0.2) is 0 Å². The second-order valence-electron chi connectivity index (χ2n) is 15.5. The predicted molar refractivity (Wildman–Crippen MR) is 184 cm³/mol. The van der Waals surface area contributed by atoms with Crippen molar-refractivity contribution in [2.24, 2.45) is 40.9 Å². The molecular formula is C43H46O. The fourth-order valence-corrected chi connectivity index (χ4v) is 11.0. The molecule has 0 saturated heterocycles. The first kappa shape index (κ1) is 27.0. The van der Waals surface area contributed by atoms with Gasteiger partial charge in [-0.05, 0) is 101 Å². The van der Waals surface area contributed by atoms with Gasteiger partial charge in [-0.3, -0.25) is 0 Å². The zero-order valence-electron chi connectivity index (χ0n) is 26.6. The Morgan fingerprint density at radius 3 is 2.52 bits per heavy atom. The van der Waals surface area contributed by atoms with Crippen LogP contribution in [0.3, 0.4) is 0 Å².